The molecular formula is C25H26N4O5. The predicted octanol–water partition coefficient (Wildman–Crippen LogP) is 3.76. The van der Waals surface area contributed by atoms with Crippen molar-refractivity contribution in [3.05, 3.63) is 71.5 Å². The van der Waals surface area contributed by atoms with Crippen molar-refractivity contribution in [2.75, 3.05) is 11.9 Å². The van der Waals surface area contributed by atoms with Gasteiger partial charge in [0.15, 0.2) is 5.69 Å². The van der Waals surface area contributed by atoms with Crippen LogP contribution >= 0.6 is 0 Å². The van der Waals surface area contributed by atoms with E-state index in [2.05, 4.69) is 27.9 Å². The lowest BCUT2D eigenvalue weighted by molar-refractivity contribution is -0.116. The number of carboxylic acids is 1. The van der Waals surface area contributed by atoms with E-state index in [9.17, 15) is 19.5 Å². The minimum absolute atomic E-state index is 0.0331. The van der Waals surface area contributed by atoms with Crippen LogP contribution in [0.5, 0.6) is 0 Å². The van der Waals surface area contributed by atoms with E-state index in [-0.39, 0.29) is 30.3 Å². The van der Waals surface area contributed by atoms with Crippen molar-refractivity contribution in [1.82, 2.24) is 15.1 Å². The number of ether oxygens (including phenoxy) is 1. The molecule has 3 N–H and O–H groups in total. The normalized spacial score (nSPS) is 13.0. The van der Waals surface area contributed by atoms with E-state index in [1.165, 1.54) is 17.9 Å². The van der Waals surface area contributed by atoms with Crippen LogP contribution in [-0.4, -0.2) is 45.5 Å². The number of nitrogens with zero attached hydrogens (tertiary/aromatic N) is 2. The number of fused-ring (bicyclic) bond motifs is 3. The predicted molar refractivity (Wildman–Crippen MR) is 126 cm³/mol. The van der Waals surface area contributed by atoms with Crippen LogP contribution in [-0.2, 0) is 16.6 Å². The summed E-state index contributed by atoms with van der Waals surface area (Å²) in [6.07, 6.45) is 1.14. The van der Waals surface area contributed by atoms with Crippen molar-refractivity contribution in [3.8, 4) is 11.1 Å². The summed E-state index contributed by atoms with van der Waals surface area (Å²) in [6, 6.07) is 15.7. The topological polar surface area (TPSA) is 123 Å². The number of alkyl carbamates (subject to hydrolysis) is 1. The Bertz CT molecular complexity index is 1190. The van der Waals surface area contributed by atoms with E-state index < -0.39 is 24.0 Å². The molecule has 3 aromatic rings. The van der Waals surface area contributed by atoms with Gasteiger partial charge >= 0.3 is 12.1 Å². The molecule has 0 fully saturated rings. The summed E-state index contributed by atoms with van der Waals surface area (Å²) >= 11 is 0. The van der Waals surface area contributed by atoms with Crippen LogP contribution in [0.1, 0.15) is 47.3 Å². The Kier molecular flexibility index (Phi) is 6.62. The van der Waals surface area contributed by atoms with Gasteiger partial charge in [0, 0.05) is 25.4 Å². The van der Waals surface area contributed by atoms with Crippen LogP contribution in [0.25, 0.3) is 11.1 Å². The van der Waals surface area contributed by atoms with Gasteiger partial charge in [-0.15, -0.1) is 0 Å². The van der Waals surface area contributed by atoms with Crippen molar-refractivity contribution in [3.63, 3.8) is 0 Å². The largest absolute Gasteiger partial charge is 0.476 e. The smallest absolute Gasteiger partial charge is 0.407 e. The SMILES string of the molecule is CC[C@H](CC(=O)Nc1cnn(C)c1C(=O)O)NC(=O)OCC1c2ccccc2-c2ccccc21. The lowest BCUT2D eigenvalue weighted by Crippen LogP contribution is -2.38. The summed E-state index contributed by atoms with van der Waals surface area (Å²) < 4.78 is 6.72. The summed E-state index contributed by atoms with van der Waals surface area (Å²) in [5, 5.41) is 18.4. The van der Waals surface area contributed by atoms with Gasteiger partial charge in [0.1, 0.15) is 6.61 Å². The minimum Gasteiger partial charge on any atom is -0.476 e. The molecule has 0 unspecified atom stereocenters. The van der Waals surface area contributed by atoms with Crippen LogP contribution in [0.15, 0.2) is 54.7 Å². The molecule has 0 radical (unpaired) electrons. The quantitative estimate of drug-likeness (QED) is 0.468. The van der Waals surface area contributed by atoms with Gasteiger partial charge < -0.3 is 20.5 Å². The molecule has 1 atom stereocenters. The van der Waals surface area contributed by atoms with Crippen molar-refractivity contribution in [2.45, 2.75) is 31.7 Å². The number of anilines is 1. The summed E-state index contributed by atoms with van der Waals surface area (Å²) in [5.41, 5.74) is 4.52. The second kappa shape index (κ2) is 9.78. The zero-order valence-corrected chi connectivity index (χ0v) is 18.9. The Morgan fingerprint density at radius 2 is 1.71 bits per heavy atom. The molecule has 2 aromatic carbocycles. The fourth-order valence-electron chi connectivity index (χ4n) is 4.31. The molecule has 0 saturated heterocycles. The maximum Gasteiger partial charge on any atom is 0.407 e. The highest BCUT2D eigenvalue weighted by Crippen LogP contribution is 2.44. The summed E-state index contributed by atoms with van der Waals surface area (Å²) in [5.74, 6) is -1.68. The molecule has 0 bridgehead atoms. The molecular weight excluding hydrogens is 436 g/mol. The van der Waals surface area contributed by atoms with Crippen molar-refractivity contribution in [1.29, 1.82) is 0 Å². The lowest BCUT2D eigenvalue weighted by atomic mass is 9.98. The molecule has 0 saturated carbocycles. The number of aromatic carboxylic acids is 1. The standard InChI is InChI=1S/C25H26N4O5/c1-3-15(12-22(30)28-21-13-26-29(2)23(21)24(31)32)27-25(33)34-14-20-18-10-6-4-8-16(18)17-9-5-7-11-19(17)20/h4-11,13,15,20H,3,12,14H2,1-2H3,(H,27,33)(H,28,30)(H,31,32)/t15-/m1/s1. The average molecular weight is 463 g/mol. The number of rotatable bonds is 8. The van der Waals surface area contributed by atoms with E-state index in [1.54, 1.807) is 0 Å². The number of aryl methyl sites for hydroxylation is 1. The van der Waals surface area contributed by atoms with E-state index in [0.29, 0.717) is 6.42 Å². The third-order valence-electron chi connectivity index (χ3n) is 6.01. The molecule has 1 aromatic heterocycles. The summed E-state index contributed by atoms with van der Waals surface area (Å²) in [7, 11) is 1.48. The number of nitrogens with one attached hydrogen (secondary N) is 2. The molecule has 176 valence electrons. The van der Waals surface area contributed by atoms with Crippen LogP contribution in [0, 0.1) is 0 Å². The van der Waals surface area contributed by atoms with Crippen LogP contribution < -0.4 is 10.6 Å². The monoisotopic (exact) mass is 462 g/mol. The number of amides is 2. The summed E-state index contributed by atoms with van der Waals surface area (Å²) in [4.78, 5) is 36.3. The van der Waals surface area contributed by atoms with Gasteiger partial charge in [-0.3, -0.25) is 9.48 Å². The van der Waals surface area contributed by atoms with Crippen LogP contribution in [0.2, 0.25) is 0 Å². The fourth-order valence-corrected chi connectivity index (χ4v) is 4.31. The van der Waals surface area contributed by atoms with E-state index in [1.807, 2.05) is 43.3 Å². The Hall–Kier alpha value is -4.14. The zero-order chi connectivity index (χ0) is 24.2. The Balaban J connectivity index is 1.34. The number of aromatic nitrogens is 2. The van der Waals surface area contributed by atoms with Gasteiger partial charge in [-0.25, -0.2) is 9.59 Å². The first-order chi connectivity index (χ1) is 16.4. The number of hydrogen-bond acceptors (Lipinski definition) is 5. The second-order valence-electron chi connectivity index (χ2n) is 8.16. The number of carbonyl (C=O) groups excluding carboxylic acids is 2. The van der Waals surface area contributed by atoms with Crippen LogP contribution in [0.4, 0.5) is 10.5 Å². The molecule has 1 aliphatic carbocycles. The molecule has 0 aliphatic heterocycles. The van der Waals surface area contributed by atoms with Crippen molar-refractivity contribution in [2.24, 2.45) is 7.05 Å². The van der Waals surface area contributed by atoms with E-state index >= 15 is 0 Å². The average Bonchev–Trinajstić information content (AvgIpc) is 3.34. The molecule has 1 heterocycles. The molecule has 9 nitrogen and oxygen atoms in total. The van der Waals surface area contributed by atoms with E-state index in [4.69, 9.17) is 4.74 Å². The van der Waals surface area contributed by atoms with Crippen molar-refractivity contribution < 1.29 is 24.2 Å². The van der Waals surface area contributed by atoms with Crippen molar-refractivity contribution >= 4 is 23.7 Å². The van der Waals surface area contributed by atoms with Gasteiger partial charge in [0.25, 0.3) is 0 Å². The lowest BCUT2D eigenvalue weighted by Gasteiger charge is -2.18. The Morgan fingerprint density at radius 1 is 1.09 bits per heavy atom. The third-order valence-corrected chi connectivity index (χ3v) is 6.01. The molecule has 1 aliphatic rings. The molecule has 2 amide bonds. The van der Waals surface area contributed by atoms with Crippen LogP contribution in [0.3, 0.4) is 0 Å². The number of carbonyl (C=O) groups is 3. The first-order valence-electron chi connectivity index (χ1n) is 11.1. The zero-order valence-electron chi connectivity index (χ0n) is 18.9. The summed E-state index contributed by atoms with van der Waals surface area (Å²) in [6.45, 7) is 2.02. The van der Waals surface area contributed by atoms with Gasteiger partial charge in [0.05, 0.1) is 11.9 Å². The maximum atomic E-state index is 12.5. The number of benzene rings is 2. The van der Waals surface area contributed by atoms with Gasteiger partial charge in [-0.1, -0.05) is 55.5 Å². The third kappa shape index (κ3) is 4.63. The first-order valence-corrected chi connectivity index (χ1v) is 11.1. The number of hydrogen-bond donors (Lipinski definition) is 3. The van der Waals surface area contributed by atoms with Gasteiger partial charge in [0.2, 0.25) is 5.91 Å². The molecule has 0 spiro atoms. The Morgan fingerprint density at radius 3 is 2.29 bits per heavy atom. The maximum absolute atomic E-state index is 12.5. The molecule has 4 rings (SSSR count). The fraction of sp³-hybridized carbons (Fsp3) is 0.280. The first kappa shape index (κ1) is 23.0. The highest BCUT2D eigenvalue weighted by molar-refractivity contribution is 5.99. The molecule has 34 heavy (non-hydrogen) atoms. The van der Waals surface area contributed by atoms with Gasteiger partial charge in [-0.2, -0.15) is 5.10 Å². The number of carboxylic acid groups (broad SMARTS) is 1. The highest BCUT2D eigenvalue weighted by atomic mass is 16.5. The highest BCUT2D eigenvalue weighted by Gasteiger charge is 2.29. The van der Waals surface area contributed by atoms with E-state index in [0.717, 1.165) is 22.3 Å². The second-order valence-corrected chi connectivity index (χ2v) is 8.16. The molecule has 9 heteroatoms. The minimum atomic E-state index is -1.20. The van der Waals surface area contributed by atoms with Gasteiger partial charge in [-0.05, 0) is 28.7 Å². The Labute approximate surface area is 196 Å².